The minimum absolute atomic E-state index is 0.181. The van der Waals surface area contributed by atoms with Crippen LogP contribution in [-0.2, 0) is 12.8 Å². The van der Waals surface area contributed by atoms with Crippen molar-refractivity contribution in [3.8, 4) is 0 Å². The highest BCUT2D eigenvalue weighted by Gasteiger charge is 2.13. The van der Waals surface area contributed by atoms with Crippen LogP contribution < -0.4 is 0 Å². The van der Waals surface area contributed by atoms with Crippen molar-refractivity contribution in [2.24, 2.45) is 5.92 Å². The van der Waals surface area contributed by atoms with E-state index < -0.39 is 0 Å². The molecule has 3 heteroatoms. The van der Waals surface area contributed by atoms with E-state index in [2.05, 4.69) is 22.0 Å². The van der Waals surface area contributed by atoms with E-state index in [-0.39, 0.29) is 5.82 Å². The summed E-state index contributed by atoms with van der Waals surface area (Å²) in [4.78, 5) is 0. The number of rotatable bonds is 5. The van der Waals surface area contributed by atoms with Gasteiger partial charge in [-0.1, -0.05) is 40.2 Å². The van der Waals surface area contributed by atoms with E-state index in [1.165, 1.54) is 11.6 Å². The lowest BCUT2D eigenvalue weighted by molar-refractivity contribution is 0.573. The highest BCUT2D eigenvalue weighted by Crippen LogP contribution is 2.23. The molecule has 0 saturated carbocycles. The van der Waals surface area contributed by atoms with Crippen molar-refractivity contribution in [2.45, 2.75) is 19.8 Å². The van der Waals surface area contributed by atoms with E-state index in [1.807, 2.05) is 31.2 Å². The predicted octanol–water partition coefficient (Wildman–Crippen LogP) is 5.54. The summed E-state index contributed by atoms with van der Waals surface area (Å²) in [6, 6.07) is 13.1. The second kappa shape index (κ2) is 7.24. The van der Waals surface area contributed by atoms with Crippen LogP contribution in [0.3, 0.4) is 0 Å². The van der Waals surface area contributed by atoms with Gasteiger partial charge in [-0.15, -0.1) is 11.6 Å². The van der Waals surface area contributed by atoms with Crippen LogP contribution in [0, 0.1) is 18.7 Å². The molecular weight excluding hydrogens is 339 g/mol. The Labute approximate surface area is 133 Å². The summed E-state index contributed by atoms with van der Waals surface area (Å²) in [5.74, 6) is 0.688. The molecule has 0 aromatic heterocycles. The van der Waals surface area contributed by atoms with Gasteiger partial charge >= 0.3 is 0 Å². The van der Waals surface area contributed by atoms with Crippen LogP contribution in [0.5, 0.6) is 0 Å². The summed E-state index contributed by atoms with van der Waals surface area (Å²) in [6.07, 6.45) is 1.69. The molecule has 106 valence electrons. The Hall–Kier alpha value is -0.860. The first-order valence-corrected chi connectivity index (χ1v) is 7.97. The maximum Gasteiger partial charge on any atom is 0.123 e. The maximum atomic E-state index is 13.4. The second-order valence-corrected chi connectivity index (χ2v) is 6.25. The zero-order valence-corrected chi connectivity index (χ0v) is 13.7. The van der Waals surface area contributed by atoms with Crippen LogP contribution in [0.15, 0.2) is 46.9 Å². The molecule has 0 bridgehead atoms. The molecule has 0 aliphatic heterocycles. The summed E-state index contributed by atoms with van der Waals surface area (Å²) in [6.45, 7) is 2.01. The summed E-state index contributed by atoms with van der Waals surface area (Å²) in [5, 5.41) is 0. The van der Waals surface area contributed by atoms with E-state index in [0.29, 0.717) is 11.8 Å². The molecule has 0 aliphatic carbocycles. The van der Waals surface area contributed by atoms with Crippen LogP contribution >= 0.6 is 27.5 Å². The van der Waals surface area contributed by atoms with Crippen LogP contribution in [-0.4, -0.2) is 5.88 Å². The standard InChI is InChI=1S/C17H17BrClF/c1-12-6-7-16(20)10-15(12)9-13(11-19)8-14-4-2-3-5-17(14)18/h2-7,10,13H,8-9,11H2,1H3. The lowest BCUT2D eigenvalue weighted by Crippen LogP contribution is -2.11. The average Bonchev–Trinajstić information content (AvgIpc) is 2.44. The van der Waals surface area contributed by atoms with Gasteiger partial charge in [-0.2, -0.15) is 0 Å². The Morgan fingerprint density at radius 2 is 1.80 bits per heavy atom. The molecule has 0 fully saturated rings. The molecule has 0 radical (unpaired) electrons. The van der Waals surface area contributed by atoms with Crippen molar-refractivity contribution >= 4 is 27.5 Å². The summed E-state index contributed by atoms with van der Waals surface area (Å²) >= 11 is 9.67. The number of hydrogen-bond acceptors (Lipinski definition) is 0. The van der Waals surface area contributed by atoms with E-state index in [9.17, 15) is 4.39 Å². The number of halogens is 3. The zero-order chi connectivity index (χ0) is 14.5. The van der Waals surface area contributed by atoms with E-state index in [0.717, 1.165) is 28.4 Å². The van der Waals surface area contributed by atoms with Gasteiger partial charge in [0.05, 0.1) is 0 Å². The van der Waals surface area contributed by atoms with Gasteiger partial charge in [0.1, 0.15) is 5.82 Å². The van der Waals surface area contributed by atoms with Gasteiger partial charge in [0.25, 0.3) is 0 Å². The Kier molecular flexibility index (Phi) is 5.62. The summed E-state index contributed by atoms with van der Waals surface area (Å²) in [5.41, 5.74) is 3.41. The highest BCUT2D eigenvalue weighted by atomic mass is 79.9. The maximum absolute atomic E-state index is 13.4. The number of aryl methyl sites for hydroxylation is 1. The monoisotopic (exact) mass is 354 g/mol. The van der Waals surface area contributed by atoms with E-state index in [4.69, 9.17) is 11.6 Å². The number of benzene rings is 2. The highest BCUT2D eigenvalue weighted by molar-refractivity contribution is 9.10. The van der Waals surface area contributed by atoms with E-state index in [1.54, 1.807) is 6.07 Å². The fourth-order valence-corrected chi connectivity index (χ4v) is 2.99. The SMILES string of the molecule is Cc1ccc(F)cc1CC(CCl)Cc1ccccc1Br. The Bertz CT molecular complexity index is 583. The van der Waals surface area contributed by atoms with Crippen LogP contribution in [0.2, 0.25) is 0 Å². The molecule has 0 heterocycles. The predicted molar refractivity (Wildman–Crippen MR) is 86.9 cm³/mol. The first kappa shape index (κ1) is 15.5. The van der Waals surface area contributed by atoms with Crippen molar-refractivity contribution < 1.29 is 4.39 Å². The van der Waals surface area contributed by atoms with Gasteiger partial charge < -0.3 is 0 Å². The van der Waals surface area contributed by atoms with Crippen molar-refractivity contribution in [3.63, 3.8) is 0 Å². The molecule has 0 N–H and O–H groups in total. The summed E-state index contributed by atoms with van der Waals surface area (Å²) < 4.78 is 14.5. The Balaban J connectivity index is 2.13. The largest absolute Gasteiger partial charge is 0.207 e. The molecule has 2 rings (SSSR count). The topological polar surface area (TPSA) is 0 Å². The van der Waals surface area contributed by atoms with E-state index >= 15 is 0 Å². The van der Waals surface area contributed by atoms with Gasteiger partial charge in [-0.25, -0.2) is 4.39 Å². The molecule has 1 unspecified atom stereocenters. The fraction of sp³-hybridized carbons (Fsp3) is 0.294. The van der Waals surface area contributed by atoms with Gasteiger partial charge in [-0.05, 0) is 60.6 Å². The van der Waals surface area contributed by atoms with Gasteiger partial charge in [0, 0.05) is 10.4 Å². The van der Waals surface area contributed by atoms with Crippen molar-refractivity contribution in [2.75, 3.05) is 5.88 Å². The molecule has 2 aromatic rings. The fourth-order valence-electron chi connectivity index (χ4n) is 2.33. The minimum Gasteiger partial charge on any atom is -0.207 e. The van der Waals surface area contributed by atoms with Crippen molar-refractivity contribution in [1.82, 2.24) is 0 Å². The smallest absolute Gasteiger partial charge is 0.123 e. The van der Waals surface area contributed by atoms with Gasteiger partial charge in [-0.3, -0.25) is 0 Å². The zero-order valence-electron chi connectivity index (χ0n) is 11.4. The molecular formula is C17H17BrClF. The van der Waals surface area contributed by atoms with Crippen LogP contribution in [0.1, 0.15) is 16.7 Å². The van der Waals surface area contributed by atoms with Crippen LogP contribution in [0.4, 0.5) is 4.39 Å². The van der Waals surface area contributed by atoms with Crippen molar-refractivity contribution in [1.29, 1.82) is 0 Å². The average molecular weight is 356 g/mol. The molecule has 0 nitrogen and oxygen atoms in total. The van der Waals surface area contributed by atoms with Gasteiger partial charge in [0.15, 0.2) is 0 Å². The quantitative estimate of drug-likeness (QED) is 0.618. The first-order valence-electron chi connectivity index (χ1n) is 6.64. The molecule has 1 atom stereocenters. The molecule has 0 amide bonds. The minimum atomic E-state index is -0.181. The third-order valence-corrected chi connectivity index (χ3v) is 4.71. The second-order valence-electron chi connectivity index (χ2n) is 5.09. The first-order chi connectivity index (χ1) is 9.60. The van der Waals surface area contributed by atoms with Crippen LogP contribution in [0.25, 0.3) is 0 Å². The summed E-state index contributed by atoms with van der Waals surface area (Å²) in [7, 11) is 0. The Morgan fingerprint density at radius 3 is 2.50 bits per heavy atom. The Morgan fingerprint density at radius 1 is 1.10 bits per heavy atom. The normalized spacial score (nSPS) is 12.4. The third kappa shape index (κ3) is 4.07. The lowest BCUT2D eigenvalue weighted by atomic mass is 9.92. The molecule has 0 aliphatic rings. The molecule has 2 aromatic carbocycles. The third-order valence-electron chi connectivity index (χ3n) is 3.50. The van der Waals surface area contributed by atoms with Crippen molar-refractivity contribution in [3.05, 3.63) is 69.4 Å². The number of hydrogen-bond donors (Lipinski definition) is 0. The molecule has 0 saturated heterocycles. The lowest BCUT2D eigenvalue weighted by Gasteiger charge is -2.16. The number of alkyl halides is 1. The molecule has 20 heavy (non-hydrogen) atoms. The van der Waals surface area contributed by atoms with Gasteiger partial charge in [0.2, 0.25) is 0 Å². The molecule has 0 spiro atoms.